The lowest BCUT2D eigenvalue weighted by Gasteiger charge is -2.32. The molecule has 0 saturated carbocycles. The van der Waals surface area contributed by atoms with E-state index >= 15 is 0 Å². The summed E-state index contributed by atoms with van der Waals surface area (Å²) in [7, 11) is 0. The molecule has 1 fully saturated rings. The molecule has 1 aromatic carbocycles. The molecule has 0 aromatic heterocycles. The normalized spacial score (nSPS) is 17.8. The Labute approximate surface area is 127 Å². The molecule has 4 nitrogen and oxygen atoms in total. The first-order valence-electron chi connectivity index (χ1n) is 7.75. The van der Waals surface area contributed by atoms with Gasteiger partial charge in [-0.3, -0.25) is 9.69 Å². The summed E-state index contributed by atoms with van der Waals surface area (Å²) in [6.07, 6.45) is 0.0637. The SMILES string of the molecule is Cc1ccc(OC(C)C)c(C(=O)C(C)N2CCNCC2)c1. The fraction of sp³-hybridized carbons (Fsp3) is 0.588. The van der Waals surface area contributed by atoms with Gasteiger partial charge in [0.05, 0.1) is 17.7 Å². The first kappa shape index (κ1) is 16.0. The number of ether oxygens (including phenoxy) is 1. The molecular formula is C17H26N2O2. The van der Waals surface area contributed by atoms with Crippen molar-refractivity contribution in [2.75, 3.05) is 26.2 Å². The average Bonchev–Trinajstić information content (AvgIpc) is 2.48. The van der Waals surface area contributed by atoms with Gasteiger partial charge in [0.15, 0.2) is 5.78 Å². The molecule has 1 aromatic rings. The number of ketones is 1. The Morgan fingerprint density at radius 1 is 1.24 bits per heavy atom. The fourth-order valence-corrected chi connectivity index (χ4v) is 2.65. The van der Waals surface area contributed by atoms with Gasteiger partial charge in [-0.1, -0.05) is 11.6 Å². The summed E-state index contributed by atoms with van der Waals surface area (Å²) in [5.74, 6) is 0.846. The van der Waals surface area contributed by atoms with Crippen LogP contribution in [0.1, 0.15) is 36.7 Å². The van der Waals surface area contributed by atoms with Crippen molar-refractivity contribution in [2.24, 2.45) is 0 Å². The summed E-state index contributed by atoms with van der Waals surface area (Å²) in [5, 5.41) is 3.32. The summed E-state index contributed by atoms with van der Waals surface area (Å²) in [4.78, 5) is 15.1. The lowest BCUT2D eigenvalue weighted by molar-refractivity contribution is 0.0814. The maximum absolute atomic E-state index is 12.9. The average molecular weight is 290 g/mol. The summed E-state index contributed by atoms with van der Waals surface area (Å²) in [6, 6.07) is 5.74. The highest BCUT2D eigenvalue weighted by Crippen LogP contribution is 2.24. The van der Waals surface area contributed by atoms with Crippen molar-refractivity contribution in [1.29, 1.82) is 0 Å². The van der Waals surface area contributed by atoms with Gasteiger partial charge in [-0.25, -0.2) is 0 Å². The molecule has 0 spiro atoms. The van der Waals surface area contributed by atoms with E-state index in [1.54, 1.807) is 0 Å². The molecule has 1 saturated heterocycles. The monoisotopic (exact) mass is 290 g/mol. The number of piperazine rings is 1. The van der Waals surface area contributed by atoms with Crippen LogP contribution in [-0.4, -0.2) is 49.0 Å². The summed E-state index contributed by atoms with van der Waals surface area (Å²) in [6.45, 7) is 11.7. The second-order valence-corrected chi connectivity index (χ2v) is 5.99. The Hall–Kier alpha value is -1.39. The predicted octanol–water partition coefficient (Wildman–Crippen LogP) is 2.26. The zero-order valence-corrected chi connectivity index (χ0v) is 13.5. The van der Waals surface area contributed by atoms with E-state index in [-0.39, 0.29) is 17.9 Å². The molecule has 0 amide bonds. The van der Waals surface area contributed by atoms with Crippen molar-refractivity contribution >= 4 is 5.78 Å². The third-order valence-electron chi connectivity index (χ3n) is 3.84. The Kier molecular flexibility index (Phi) is 5.37. The highest BCUT2D eigenvalue weighted by atomic mass is 16.5. The van der Waals surface area contributed by atoms with Gasteiger partial charge in [0.25, 0.3) is 0 Å². The minimum atomic E-state index is -0.108. The van der Waals surface area contributed by atoms with E-state index in [9.17, 15) is 4.79 Å². The van der Waals surface area contributed by atoms with E-state index in [2.05, 4.69) is 10.2 Å². The minimum absolute atomic E-state index is 0.0637. The van der Waals surface area contributed by atoms with Gasteiger partial charge < -0.3 is 10.1 Å². The van der Waals surface area contributed by atoms with Crippen molar-refractivity contribution in [2.45, 2.75) is 39.8 Å². The molecular weight excluding hydrogens is 264 g/mol. The van der Waals surface area contributed by atoms with Gasteiger partial charge in [-0.15, -0.1) is 0 Å². The van der Waals surface area contributed by atoms with Crippen LogP contribution in [0.2, 0.25) is 0 Å². The molecule has 4 heteroatoms. The number of nitrogens with zero attached hydrogens (tertiary/aromatic N) is 1. The van der Waals surface area contributed by atoms with Crippen LogP contribution in [0, 0.1) is 6.92 Å². The van der Waals surface area contributed by atoms with E-state index in [0.29, 0.717) is 11.3 Å². The number of nitrogens with one attached hydrogen (secondary N) is 1. The van der Waals surface area contributed by atoms with E-state index in [1.807, 2.05) is 45.9 Å². The van der Waals surface area contributed by atoms with Crippen LogP contribution in [0.3, 0.4) is 0 Å². The number of Topliss-reactive ketones (excluding diaryl/α,β-unsaturated/α-hetero) is 1. The lowest BCUT2D eigenvalue weighted by Crippen LogP contribution is -2.50. The quantitative estimate of drug-likeness (QED) is 0.845. The summed E-state index contributed by atoms with van der Waals surface area (Å²) < 4.78 is 5.81. The van der Waals surface area contributed by atoms with E-state index in [1.165, 1.54) is 0 Å². The fourth-order valence-electron chi connectivity index (χ4n) is 2.65. The Balaban J connectivity index is 2.22. The molecule has 2 rings (SSSR count). The number of benzene rings is 1. The largest absolute Gasteiger partial charge is 0.490 e. The van der Waals surface area contributed by atoms with Gasteiger partial charge in [-0.05, 0) is 39.8 Å². The first-order chi connectivity index (χ1) is 9.99. The highest BCUT2D eigenvalue weighted by molar-refractivity contribution is 6.02. The topological polar surface area (TPSA) is 41.6 Å². The number of hydrogen-bond donors (Lipinski definition) is 1. The number of rotatable bonds is 5. The van der Waals surface area contributed by atoms with E-state index in [0.717, 1.165) is 31.7 Å². The third kappa shape index (κ3) is 4.05. The number of carbonyl (C=O) groups is 1. The van der Waals surface area contributed by atoms with Crippen molar-refractivity contribution in [3.05, 3.63) is 29.3 Å². The highest BCUT2D eigenvalue weighted by Gasteiger charge is 2.26. The van der Waals surface area contributed by atoms with Gasteiger partial charge in [-0.2, -0.15) is 0 Å². The third-order valence-corrected chi connectivity index (χ3v) is 3.84. The van der Waals surface area contributed by atoms with Crippen LogP contribution in [0.25, 0.3) is 0 Å². The van der Waals surface area contributed by atoms with Gasteiger partial charge in [0.2, 0.25) is 0 Å². The molecule has 0 radical (unpaired) electrons. The Bertz CT molecular complexity index is 494. The van der Waals surface area contributed by atoms with Crippen molar-refractivity contribution in [1.82, 2.24) is 10.2 Å². The Morgan fingerprint density at radius 2 is 1.90 bits per heavy atom. The Morgan fingerprint density at radius 3 is 2.52 bits per heavy atom. The van der Waals surface area contributed by atoms with Crippen molar-refractivity contribution in [3.8, 4) is 5.75 Å². The van der Waals surface area contributed by atoms with Gasteiger partial charge in [0, 0.05) is 26.2 Å². The molecule has 1 heterocycles. The molecule has 1 atom stereocenters. The summed E-state index contributed by atoms with van der Waals surface area (Å²) in [5.41, 5.74) is 1.79. The summed E-state index contributed by atoms with van der Waals surface area (Å²) >= 11 is 0. The van der Waals surface area contributed by atoms with Crippen LogP contribution in [-0.2, 0) is 0 Å². The molecule has 1 aliphatic rings. The molecule has 1 aliphatic heterocycles. The standard InChI is InChI=1S/C17H26N2O2/c1-12(2)21-16-6-5-13(3)11-15(16)17(20)14(4)19-9-7-18-8-10-19/h5-6,11-12,14,18H,7-10H2,1-4H3. The first-order valence-corrected chi connectivity index (χ1v) is 7.75. The maximum Gasteiger partial charge on any atom is 0.183 e. The van der Waals surface area contributed by atoms with E-state index in [4.69, 9.17) is 4.74 Å². The molecule has 1 unspecified atom stereocenters. The molecule has 0 bridgehead atoms. The number of carbonyl (C=O) groups excluding carboxylic acids is 1. The lowest BCUT2D eigenvalue weighted by atomic mass is 10.0. The maximum atomic E-state index is 12.9. The van der Waals surface area contributed by atoms with Crippen LogP contribution >= 0.6 is 0 Å². The van der Waals surface area contributed by atoms with Gasteiger partial charge >= 0.3 is 0 Å². The molecule has 1 N–H and O–H groups in total. The van der Waals surface area contributed by atoms with Crippen LogP contribution < -0.4 is 10.1 Å². The minimum Gasteiger partial charge on any atom is -0.490 e. The van der Waals surface area contributed by atoms with E-state index < -0.39 is 0 Å². The zero-order valence-electron chi connectivity index (χ0n) is 13.5. The molecule has 21 heavy (non-hydrogen) atoms. The number of aryl methyl sites for hydroxylation is 1. The van der Waals surface area contributed by atoms with Crippen LogP contribution in [0.4, 0.5) is 0 Å². The second kappa shape index (κ2) is 7.05. The van der Waals surface area contributed by atoms with Crippen molar-refractivity contribution in [3.63, 3.8) is 0 Å². The number of hydrogen-bond acceptors (Lipinski definition) is 4. The van der Waals surface area contributed by atoms with Crippen LogP contribution in [0.5, 0.6) is 5.75 Å². The van der Waals surface area contributed by atoms with Crippen LogP contribution in [0.15, 0.2) is 18.2 Å². The second-order valence-electron chi connectivity index (χ2n) is 5.99. The zero-order chi connectivity index (χ0) is 15.4. The molecule has 0 aliphatic carbocycles. The van der Waals surface area contributed by atoms with Gasteiger partial charge in [0.1, 0.15) is 5.75 Å². The van der Waals surface area contributed by atoms with Crippen molar-refractivity contribution < 1.29 is 9.53 Å². The smallest absolute Gasteiger partial charge is 0.183 e. The molecule has 116 valence electrons. The predicted molar refractivity (Wildman–Crippen MR) is 85.2 cm³/mol.